The fourth-order valence-electron chi connectivity index (χ4n) is 2.14. The number of carbonyl (C=O) groups is 2. The van der Waals surface area contributed by atoms with Gasteiger partial charge in [-0.3, -0.25) is 9.59 Å². The normalized spacial score (nSPS) is 18.7. The van der Waals surface area contributed by atoms with Gasteiger partial charge >= 0.3 is 6.18 Å². The molecule has 0 saturated carbocycles. The lowest BCUT2D eigenvalue weighted by molar-refractivity contribution is -0.157. The van der Waals surface area contributed by atoms with Gasteiger partial charge in [-0.15, -0.1) is 0 Å². The number of carbonyl (C=O) groups excluding carboxylic acids is 2. The summed E-state index contributed by atoms with van der Waals surface area (Å²) in [5.41, 5.74) is 0.207. The third-order valence-electron chi connectivity index (χ3n) is 3.14. The van der Waals surface area contributed by atoms with Crippen molar-refractivity contribution in [3.05, 3.63) is 29.0 Å². The highest BCUT2D eigenvalue weighted by Crippen LogP contribution is 2.25. The number of halogens is 5. The van der Waals surface area contributed by atoms with Crippen LogP contribution in [-0.2, 0) is 9.59 Å². The Balaban J connectivity index is 1.99. The number of likely N-dealkylation sites (tertiary alicyclic amines) is 1. The van der Waals surface area contributed by atoms with E-state index in [1.165, 1.54) is 12.1 Å². The van der Waals surface area contributed by atoms with Crippen LogP contribution in [0.1, 0.15) is 6.42 Å². The molecule has 0 aromatic heterocycles. The van der Waals surface area contributed by atoms with Gasteiger partial charge in [-0.1, -0.05) is 11.6 Å². The molecule has 1 atom stereocenters. The van der Waals surface area contributed by atoms with E-state index in [1.807, 2.05) is 0 Å². The maximum absolute atomic E-state index is 13.0. The highest BCUT2D eigenvalue weighted by Gasteiger charge is 2.40. The summed E-state index contributed by atoms with van der Waals surface area (Å²) in [6.45, 7) is -1.68. The van der Waals surface area contributed by atoms with Gasteiger partial charge in [-0.05, 0) is 18.2 Å². The van der Waals surface area contributed by atoms with Crippen LogP contribution in [0.15, 0.2) is 18.2 Å². The van der Waals surface area contributed by atoms with E-state index in [1.54, 1.807) is 0 Å². The standard InChI is InChI=1S/C13H11ClF4N2O2/c14-9-4-8(1-2-10(9)15)19-12(22)7-3-11(21)20(5-7)6-13(16,17)18/h1-2,4,7H,3,5-6H2,(H,19,22). The van der Waals surface area contributed by atoms with Gasteiger partial charge < -0.3 is 10.2 Å². The van der Waals surface area contributed by atoms with Crippen LogP contribution in [0.4, 0.5) is 23.2 Å². The number of nitrogens with zero attached hydrogens (tertiary/aromatic N) is 1. The van der Waals surface area contributed by atoms with E-state index in [0.29, 0.717) is 4.90 Å². The third-order valence-corrected chi connectivity index (χ3v) is 3.43. The molecular formula is C13H11ClF4N2O2. The van der Waals surface area contributed by atoms with Crippen LogP contribution in [0.5, 0.6) is 0 Å². The van der Waals surface area contributed by atoms with E-state index in [4.69, 9.17) is 11.6 Å². The van der Waals surface area contributed by atoms with Crippen LogP contribution in [-0.4, -0.2) is 36.0 Å². The van der Waals surface area contributed by atoms with Crippen molar-refractivity contribution in [3.63, 3.8) is 0 Å². The number of rotatable bonds is 3. The molecule has 1 aliphatic rings. The molecule has 1 fully saturated rings. The number of alkyl halides is 3. The lowest BCUT2D eigenvalue weighted by atomic mass is 10.1. The second-order valence-corrected chi connectivity index (χ2v) is 5.32. The first kappa shape index (κ1) is 16.5. The molecule has 1 unspecified atom stereocenters. The highest BCUT2D eigenvalue weighted by atomic mass is 35.5. The first-order chi connectivity index (χ1) is 10.2. The Morgan fingerprint density at radius 2 is 2.09 bits per heavy atom. The van der Waals surface area contributed by atoms with Gasteiger partial charge in [0, 0.05) is 18.7 Å². The molecular weight excluding hydrogens is 328 g/mol. The third kappa shape index (κ3) is 4.09. The van der Waals surface area contributed by atoms with Crippen LogP contribution in [0.2, 0.25) is 5.02 Å². The van der Waals surface area contributed by atoms with E-state index < -0.39 is 36.3 Å². The molecule has 0 bridgehead atoms. The average molecular weight is 339 g/mol. The topological polar surface area (TPSA) is 49.4 Å². The molecule has 4 nitrogen and oxygen atoms in total. The van der Waals surface area contributed by atoms with Gasteiger partial charge in [0.1, 0.15) is 12.4 Å². The Bertz CT molecular complexity index is 606. The minimum Gasteiger partial charge on any atom is -0.333 e. The number of amides is 2. The first-order valence-electron chi connectivity index (χ1n) is 6.26. The van der Waals surface area contributed by atoms with Crippen molar-refractivity contribution in [1.82, 2.24) is 4.90 Å². The minimum absolute atomic E-state index is 0.195. The Kier molecular flexibility index (Phi) is 4.60. The number of nitrogens with one attached hydrogen (secondary N) is 1. The summed E-state index contributed by atoms with van der Waals surface area (Å²) in [4.78, 5) is 24.1. The molecule has 0 aliphatic carbocycles. The molecule has 1 N–H and O–H groups in total. The quantitative estimate of drug-likeness (QED) is 0.862. The van der Waals surface area contributed by atoms with Crippen molar-refractivity contribution in [2.45, 2.75) is 12.6 Å². The fraction of sp³-hybridized carbons (Fsp3) is 0.385. The Morgan fingerprint density at radius 3 is 2.68 bits per heavy atom. The molecule has 2 amide bonds. The fourth-order valence-corrected chi connectivity index (χ4v) is 2.32. The maximum Gasteiger partial charge on any atom is 0.406 e. The van der Waals surface area contributed by atoms with Gasteiger partial charge in [0.2, 0.25) is 11.8 Å². The Labute approximate surface area is 128 Å². The first-order valence-corrected chi connectivity index (χ1v) is 6.64. The van der Waals surface area contributed by atoms with Crippen molar-refractivity contribution in [3.8, 4) is 0 Å². The summed E-state index contributed by atoms with van der Waals surface area (Å²) in [6.07, 6.45) is -4.80. The van der Waals surface area contributed by atoms with Crippen molar-refractivity contribution >= 4 is 29.1 Å². The summed E-state index contributed by atoms with van der Waals surface area (Å²) < 4.78 is 49.9. The van der Waals surface area contributed by atoms with E-state index in [2.05, 4.69) is 5.32 Å². The van der Waals surface area contributed by atoms with Crippen LogP contribution in [0, 0.1) is 11.7 Å². The number of hydrogen-bond donors (Lipinski definition) is 1. The van der Waals surface area contributed by atoms with Gasteiger partial charge in [0.25, 0.3) is 0 Å². The van der Waals surface area contributed by atoms with Crippen LogP contribution >= 0.6 is 11.6 Å². The molecule has 0 radical (unpaired) electrons. The molecule has 1 heterocycles. The monoisotopic (exact) mass is 338 g/mol. The van der Waals surface area contributed by atoms with Crippen molar-refractivity contribution in [2.24, 2.45) is 5.92 Å². The van der Waals surface area contributed by atoms with E-state index in [-0.39, 0.29) is 23.7 Å². The SMILES string of the molecule is O=C(Nc1ccc(F)c(Cl)c1)C1CC(=O)N(CC(F)(F)F)C1. The number of benzene rings is 1. The van der Waals surface area contributed by atoms with E-state index >= 15 is 0 Å². The van der Waals surface area contributed by atoms with Gasteiger partial charge in [-0.25, -0.2) is 4.39 Å². The lowest BCUT2D eigenvalue weighted by Crippen LogP contribution is -2.36. The zero-order chi connectivity index (χ0) is 16.5. The molecule has 1 aromatic rings. The second kappa shape index (κ2) is 6.12. The summed E-state index contributed by atoms with van der Waals surface area (Å²) >= 11 is 5.56. The molecule has 9 heteroatoms. The van der Waals surface area contributed by atoms with Crippen molar-refractivity contribution in [2.75, 3.05) is 18.4 Å². The van der Waals surface area contributed by atoms with Crippen molar-refractivity contribution in [1.29, 1.82) is 0 Å². The molecule has 1 aromatic carbocycles. The summed E-state index contributed by atoms with van der Waals surface area (Å²) in [5, 5.41) is 2.21. The van der Waals surface area contributed by atoms with Gasteiger partial charge in [0.15, 0.2) is 0 Å². The largest absolute Gasteiger partial charge is 0.406 e. The second-order valence-electron chi connectivity index (χ2n) is 4.91. The minimum atomic E-state index is -4.51. The van der Waals surface area contributed by atoms with Gasteiger partial charge in [-0.2, -0.15) is 13.2 Å². The molecule has 22 heavy (non-hydrogen) atoms. The maximum atomic E-state index is 13.0. The van der Waals surface area contributed by atoms with E-state index in [0.717, 1.165) is 6.07 Å². The zero-order valence-corrected chi connectivity index (χ0v) is 11.8. The molecule has 0 spiro atoms. The van der Waals surface area contributed by atoms with Crippen LogP contribution in [0.3, 0.4) is 0 Å². The number of hydrogen-bond acceptors (Lipinski definition) is 2. The smallest absolute Gasteiger partial charge is 0.333 e. The Morgan fingerprint density at radius 1 is 1.41 bits per heavy atom. The predicted molar refractivity (Wildman–Crippen MR) is 70.8 cm³/mol. The molecule has 2 rings (SSSR count). The van der Waals surface area contributed by atoms with Crippen molar-refractivity contribution < 1.29 is 27.2 Å². The van der Waals surface area contributed by atoms with E-state index in [9.17, 15) is 27.2 Å². The summed E-state index contributed by atoms with van der Waals surface area (Å²) in [6, 6.07) is 3.50. The summed E-state index contributed by atoms with van der Waals surface area (Å²) in [7, 11) is 0. The summed E-state index contributed by atoms with van der Waals surface area (Å²) in [5.74, 6) is -2.89. The van der Waals surface area contributed by atoms with Crippen LogP contribution < -0.4 is 5.32 Å². The highest BCUT2D eigenvalue weighted by molar-refractivity contribution is 6.31. The molecule has 120 valence electrons. The molecule has 1 aliphatic heterocycles. The average Bonchev–Trinajstić information content (AvgIpc) is 2.73. The van der Waals surface area contributed by atoms with Gasteiger partial charge in [0.05, 0.1) is 10.9 Å². The Hall–Kier alpha value is -1.83. The predicted octanol–water partition coefficient (Wildman–Crippen LogP) is 2.83. The molecule has 1 saturated heterocycles. The zero-order valence-electron chi connectivity index (χ0n) is 11.1. The number of anilines is 1. The lowest BCUT2D eigenvalue weighted by Gasteiger charge is -2.18. The van der Waals surface area contributed by atoms with Crippen LogP contribution in [0.25, 0.3) is 0 Å².